The molecular formula is C23H18ClN3O4. The topological polar surface area (TPSA) is 86.2 Å². The maximum Gasteiger partial charge on any atom is 0.333 e. The Morgan fingerprint density at radius 3 is 2.87 bits per heavy atom. The zero-order valence-corrected chi connectivity index (χ0v) is 17.4. The van der Waals surface area contributed by atoms with Crippen molar-refractivity contribution in [2.45, 2.75) is 12.8 Å². The van der Waals surface area contributed by atoms with E-state index >= 15 is 0 Å². The summed E-state index contributed by atoms with van der Waals surface area (Å²) in [5.41, 5.74) is 2.24. The van der Waals surface area contributed by atoms with Gasteiger partial charge >= 0.3 is 5.69 Å². The van der Waals surface area contributed by atoms with Crippen LogP contribution in [0.15, 0.2) is 58.4 Å². The van der Waals surface area contributed by atoms with E-state index in [1.807, 2.05) is 6.07 Å². The third-order valence-electron chi connectivity index (χ3n) is 5.45. The molecule has 156 valence electrons. The van der Waals surface area contributed by atoms with Crippen molar-refractivity contribution >= 4 is 22.5 Å². The Morgan fingerprint density at radius 1 is 1.16 bits per heavy atom. The number of aromatic amines is 1. The molecule has 0 aliphatic carbocycles. The molecule has 7 nitrogen and oxygen atoms in total. The minimum Gasteiger partial charge on any atom is -0.497 e. The van der Waals surface area contributed by atoms with E-state index in [2.05, 4.69) is 9.97 Å². The second-order valence-electron chi connectivity index (χ2n) is 7.26. The van der Waals surface area contributed by atoms with Crippen molar-refractivity contribution in [3.63, 3.8) is 0 Å². The Balaban J connectivity index is 1.70. The molecule has 1 aliphatic heterocycles. The standard InChI is InChI=1S/C23H18ClN3O4/c1-30-14-5-7-18(24)17(10-14)13-4-6-15-19(9-13)26-23(29)27(22(15)28)20-11-25-12-21-16(20)3-2-8-31-21/h4-7,9-12H,2-3,8H2,1H3,(H,26,29). The molecule has 0 radical (unpaired) electrons. The Bertz CT molecular complexity index is 1440. The molecule has 1 N–H and O–H groups in total. The number of hydrogen-bond donors (Lipinski definition) is 1. The van der Waals surface area contributed by atoms with E-state index in [0.29, 0.717) is 46.1 Å². The van der Waals surface area contributed by atoms with Crippen molar-refractivity contribution in [2.75, 3.05) is 13.7 Å². The number of methoxy groups -OCH3 is 1. The van der Waals surface area contributed by atoms with Crippen LogP contribution in [-0.4, -0.2) is 28.3 Å². The number of H-pyrrole nitrogens is 1. The van der Waals surface area contributed by atoms with E-state index in [4.69, 9.17) is 21.1 Å². The minimum absolute atomic E-state index is 0.386. The van der Waals surface area contributed by atoms with Crippen molar-refractivity contribution in [2.24, 2.45) is 0 Å². The van der Waals surface area contributed by atoms with Crippen molar-refractivity contribution in [1.82, 2.24) is 14.5 Å². The van der Waals surface area contributed by atoms with Gasteiger partial charge in [0.1, 0.15) is 11.5 Å². The zero-order valence-electron chi connectivity index (χ0n) is 16.6. The average molecular weight is 436 g/mol. The zero-order chi connectivity index (χ0) is 21.5. The molecule has 0 atom stereocenters. The lowest BCUT2D eigenvalue weighted by atomic mass is 10.0. The Kier molecular flexibility index (Phi) is 4.75. The van der Waals surface area contributed by atoms with Gasteiger partial charge in [0.2, 0.25) is 0 Å². The normalized spacial score (nSPS) is 13.0. The van der Waals surface area contributed by atoms with Gasteiger partial charge in [0.05, 0.1) is 42.7 Å². The smallest absolute Gasteiger partial charge is 0.333 e. The lowest BCUT2D eigenvalue weighted by Gasteiger charge is -2.20. The van der Waals surface area contributed by atoms with Crippen molar-refractivity contribution < 1.29 is 9.47 Å². The summed E-state index contributed by atoms with van der Waals surface area (Å²) in [6, 6.07) is 10.6. The first-order chi connectivity index (χ1) is 15.1. The highest BCUT2D eigenvalue weighted by molar-refractivity contribution is 6.33. The third-order valence-corrected chi connectivity index (χ3v) is 5.78. The van der Waals surface area contributed by atoms with E-state index in [0.717, 1.165) is 27.7 Å². The SMILES string of the molecule is COc1ccc(Cl)c(-c2ccc3c(=O)n(-c4cncc5c4CCCO5)c(=O)[nH]c3c2)c1. The molecule has 2 aromatic heterocycles. The van der Waals surface area contributed by atoms with Crippen LogP contribution in [0.5, 0.6) is 11.5 Å². The van der Waals surface area contributed by atoms with Crippen LogP contribution < -0.4 is 20.7 Å². The number of aromatic nitrogens is 3. The molecular weight excluding hydrogens is 418 g/mol. The van der Waals surface area contributed by atoms with Gasteiger partial charge in [0.25, 0.3) is 5.56 Å². The fourth-order valence-electron chi connectivity index (χ4n) is 3.91. The first-order valence-electron chi connectivity index (χ1n) is 9.80. The summed E-state index contributed by atoms with van der Waals surface area (Å²) in [7, 11) is 1.58. The molecule has 0 fully saturated rings. The predicted octanol–water partition coefficient (Wildman–Crippen LogP) is 3.73. The number of fused-ring (bicyclic) bond motifs is 2. The molecule has 0 amide bonds. The molecule has 0 saturated carbocycles. The number of hydrogen-bond acceptors (Lipinski definition) is 5. The highest BCUT2D eigenvalue weighted by Crippen LogP contribution is 2.32. The van der Waals surface area contributed by atoms with E-state index in [9.17, 15) is 9.59 Å². The number of rotatable bonds is 3. The number of nitrogens with zero attached hydrogens (tertiary/aromatic N) is 2. The largest absolute Gasteiger partial charge is 0.497 e. The van der Waals surface area contributed by atoms with Crippen LogP contribution in [0.2, 0.25) is 5.02 Å². The average Bonchev–Trinajstić information content (AvgIpc) is 2.79. The van der Waals surface area contributed by atoms with Gasteiger partial charge < -0.3 is 14.5 Å². The van der Waals surface area contributed by atoms with Gasteiger partial charge in [-0.05, 0) is 48.7 Å². The molecule has 1 aliphatic rings. The third kappa shape index (κ3) is 3.27. The van der Waals surface area contributed by atoms with E-state index in [1.165, 1.54) is 6.20 Å². The summed E-state index contributed by atoms with van der Waals surface area (Å²) < 4.78 is 12.0. The number of benzene rings is 2. The quantitative estimate of drug-likeness (QED) is 0.530. The van der Waals surface area contributed by atoms with E-state index in [-0.39, 0.29) is 0 Å². The number of pyridine rings is 1. The highest BCUT2D eigenvalue weighted by atomic mass is 35.5. The number of halogens is 1. The van der Waals surface area contributed by atoms with Gasteiger partial charge in [0.15, 0.2) is 0 Å². The second kappa shape index (κ2) is 7.59. The molecule has 0 spiro atoms. The monoisotopic (exact) mass is 435 g/mol. The van der Waals surface area contributed by atoms with Crippen LogP contribution in [0.25, 0.3) is 27.7 Å². The van der Waals surface area contributed by atoms with E-state index < -0.39 is 11.2 Å². The van der Waals surface area contributed by atoms with Crippen LogP contribution in [-0.2, 0) is 6.42 Å². The summed E-state index contributed by atoms with van der Waals surface area (Å²) in [5.74, 6) is 1.27. The maximum atomic E-state index is 13.3. The molecule has 0 saturated heterocycles. The lowest BCUT2D eigenvalue weighted by Crippen LogP contribution is -2.34. The molecule has 2 aromatic carbocycles. The second-order valence-corrected chi connectivity index (χ2v) is 7.67. The molecule has 3 heterocycles. The summed E-state index contributed by atoms with van der Waals surface area (Å²) in [6.45, 7) is 0.594. The minimum atomic E-state index is -0.535. The predicted molar refractivity (Wildman–Crippen MR) is 119 cm³/mol. The fourth-order valence-corrected chi connectivity index (χ4v) is 4.14. The van der Waals surface area contributed by atoms with Crippen LogP contribution in [0, 0.1) is 0 Å². The summed E-state index contributed by atoms with van der Waals surface area (Å²) in [6.07, 6.45) is 4.67. The number of nitrogens with one attached hydrogen (secondary N) is 1. The Labute approximate surface area is 181 Å². The molecule has 8 heteroatoms. The molecule has 4 aromatic rings. The molecule has 5 rings (SSSR count). The van der Waals surface area contributed by atoms with Crippen LogP contribution >= 0.6 is 11.6 Å². The first-order valence-corrected chi connectivity index (χ1v) is 10.2. The highest BCUT2D eigenvalue weighted by Gasteiger charge is 2.20. The van der Waals surface area contributed by atoms with Gasteiger partial charge in [-0.2, -0.15) is 0 Å². The first kappa shape index (κ1) is 19.4. The summed E-state index contributed by atoms with van der Waals surface area (Å²) >= 11 is 6.36. The Hall–Kier alpha value is -3.58. The summed E-state index contributed by atoms with van der Waals surface area (Å²) in [4.78, 5) is 33.2. The fraction of sp³-hybridized carbons (Fsp3) is 0.174. The van der Waals surface area contributed by atoms with Crippen molar-refractivity contribution in [1.29, 1.82) is 0 Å². The molecule has 31 heavy (non-hydrogen) atoms. The lowest BCUT2D eigenvalue weighted by molar-refractivity contribution is 0.286. The van der Waals surface area contributed by atoms with E-state index in [1.54, 1.807) is 43.6 Å². The van der Waals surface area contributed by atoms with Gasteiger partial charge in [-0.3, -0.25) is 9.78 Å². The Morgan fingerprint density at radius 2 is 2.03 bits per heavy atom. The maximum absolute atomic E-state index is 13.3. The van der Waals surface area contributed by atoms with Gasteiger partial charge in [0, 0.05) is 16.1 Å². The molecule has 0 unspecified atom stereocenters. The van der Waals surface area contributed by atoms with Gasteiger partial charge in [-0.1, -0.05) is 17.7 Å². The van der Waals surface area contributed by atoms with Gasteiger partial charge in [-0.25, -0.2) is 9.36 Å². The number of ether oxygens (including phenoxy) is 2. The van der Waals surface area contributed by atoms with Crippen molar-refractivity contribution in [3.05, 3.63) is 80.2 Å². The van der Waals surface area contributed by atoms with Crippen LogP contribution in [0.1, 0.15) is 12.0 Å². The van der Waals surface area contributed by atoms with Gasteiger partial charge in [-0.15, -0.1) is 0 Å². The summed E-state index contributed by atoms with van der Waals surface area (Å²) in [5, 5.41) is 0.925. The van der Waals surface area contributed by atoms with Crippen LogP contribution in [0.4, 0.5) is 0 Å². The van der Waals surface area contributed by atoms with Crippen LogP contribution in [0.3, 0.4) is 0 Å². The van der Waals surface area contributed by atoms with Crippen molar-refractivity contribution in [3.8, 4) is 28.3 Å². The molecule has 0 bridgehead atoms.